The minimum absolute atomic E-state index is 0.0506. The maximum absolute atomic E-state index is 13.8. The molecule has 180 valence electrons. The molecule has 0 aliphatic heterocycles. The first-order valence-corrected chi connectivity index (χ1v) is 10.3. The Morgan fingerprint density at radius 3 is 2.85 bits per heavy atom. The van der Waals surface area contributed by atoms with Gasteiger partial charge in [-0.25, -0.2) is 18.2 Å². The summed E-state index contributed by atoms with van der Waals surface area (Å²) in [5.74, 6) is -1.52. The van der Waals surface area contributed by atoms with Crippen LogP contribution in [0.4, 0.5) is 18.9 Å². The Morgan fingerprint density at radius 2 is 2.12 bits per heavy atom. The number of nitrogens with two attached hydrogens (primary N) is 1. The number of halogens is 3. The van der Waals surface area contributed by atoms with E-state index in [1.165, 1.54) is 22.9 Å². The number of carbonyl (C=O) groups excluding carboxylic acids is 2. The van der Waals surface area contributed by atoms with Gasteiger partial charge < -0.3 is 25.3 Å². The number of aromatic nitrogens is 3. The summed E-state index contributed by atoms with van der Waals surface area (Å²) in [6.45, 7) is -0.964. The summed E-state index contributed by atoms with van der Waals surface area (Å²) < 4.78 is 45.0. The summed E-state index contributed by atoms with van der Waals surface area (Å²) in [6, 6.07) is 5.11. The molecule has 0 saturated carbocycles. The molecule has 0 radical (unpaired) electrons. The van der Waals surface area contributed by atoms with Crippen molar-refractivity contribution in [1.29, 1.82) is 0 Å². The molecule has 0 aliphatic rings. The van der Waals surface area contributed by atoms with E-state index in [9.17, 15) is 27.6 Å². The number of anilines is 1. The Kier molecular flexibility index (Phi) is 8.06. The molecular formula is C22H22F3N5O4. The number of primary amides is 1. The molecule has 0 aliphatic carbocycles. The highest BCUT2D eigenvalue weighted by Gasteiger charge is 2.15. The van der Waals surface area contributed by atoms with E-state index in [1.807, 2.05) is 0 Å². The van der Waals surface area contributed by atoms with Gasteiger partial charge in [-0.2, -0.15) is 0 Å². The molecule has 0 spiro atoms. The minimum Gasteiger partial charge on any atom is -0.485 e. The van der Waals surface area contributed by atoms with Crippen LogP contribution in [0.5, 0.6) is 5.75 Å². The number of allylic oxidation sites excluding steroid dienone is 1. The number of amides is 2. The number of carbonyl (C=O) groups is 2. The first-order chi connectivity index (χ1) is 16.2. The van der Waals surface area contributed by atoms with Gasteiger partial charge in [-0.1, -0.05) is 6.08 Å². The van der Waals surface area contributed by atoms with Gasteiger partial charge >= 0.3 is 0 Å². The van der Waals surface area contributed by atoms with Crippen LogP contribution in [0.2, 0.25) is 0 Å². The van der Waals surface area contributed by atoms with Crippen molar-refractivity contribution in [1.82, 2.24) is 14.5 Å². The second-order valence-electron chi connectivity index (χ2n) is 7.29. The van der Waals surface area contributed by atoms with Crippen LogP contribution in [-0.2, 0) is 16.1 Å². The van der Waals surface area contributed by atoms with Gasteiger partial charge in [0.05, 0.1) is 12.1 Å². The van der Waals surface area contributed by atoms with Gasteiger partial charge in [0, 0.05) is 18.7 Å². The molecule has 2 heterocycles. The second kappa shape index (κ2) is 11.2. The molecule has 9 nitrogen and oxygen atoms in total. The number of rotatable bonds is 11. The molecule has 12 heteroatoms. The Labute approximate surface area is 191 Å². The molecule has 2 aromatic heterocycles. The number of benzene rings is 1. The highest BCUT2D eigenvalue weighted by molar-refractivity contribution is 5.90. The Bertz CT molecular complexity index is 1270. The van der Waals surface area contributed by atoms with Crippen LogP contribution >= 0.6 is 0 Å². The third-order valence-electron chi connectivity index (χ3n) is 4.60. The predicted molar refractivity (Wildman–Crippen MR) is 118 cm³/mol. The van der Waals surface area contributed by atoms with Crippen LogP contribution in [0.15, 0.2) is 47.4 Å². The number of H-pyrrole nitrogens is 1. The first-order valence-electron chi connectivity index (χ1n) is 10.3. The predicted octanol–water partition coefficient (Wildman–Crippen LogP) is 2.71. The van der Waals surface area contributed by atoms with E-state index in [0.717, 1.165) is 12.1 Å². The van der Waals surface area contributed by atoms with E-state index < -0.39 is 30.3 Å². The number of hydrogen-bond acceptors (Lipinski definition) is 5. The molecule has 3 rings (SSSR count). The lowest BCUT2D eigenvalue weighted by Gasteiger charge is -2.08. The summed E-state index contributed by atoms with van der Waals surface area (Å²) in [6.07, 6.45) is 2.60. The molecule has 4 N–H and O–H groups in total. The first kappa shape index (κ1) is 24.6. The Morgan fingerprint density at radius 1 is 1.32 bits per heavy atom. The molecule has 1 aromatic carbocycles. The summed E-state index contributed by atoms with van der Waals surface area (Å²) in [5, 5.41) is 2.55. The lowest BCUT2D eigenvalue weighted by atomic mass is 10.2. The maximum atomic E-state index is 13.8. The van der Waals surface area contributed by atoms with Crippen LogP contribution in [-0.4, -0.2) is 39.4 Å². The molecule has 34 heavy (non-hydrogen) atoms. The molecule has 3 aromatic rings. The zero-order chi connectivity index (χ0) is 24.7. The van der Waals surface area contributed by atoms with Crippen molar-refractivity contribution in [3.63, 3.8) is 0 Å². The normalized spacial score (nSPS) is 11.4. The number of unbranched alkanes of at least 4 members (excludes halogenated alkanes) is 1. The third kappa shape index (κ3) is 6.70. The molecule has 0 bridgehead atoms. The minimum atomic E-state index is -2.74. The zero-order valence-corrected chi connectivity index (χ0v) is 17.9. The topological polar surface area (TPSA) is 132 Å². The zero-order valence-electron chi connectivity index (χ0n) is 17.9. The molecular weight excluding hydrogens is 455 g/mol. The monoisotopic (exact) mass is 477 g/mol. The number of ether oxygens (including phenoxy) is 1. The smallest absolute Gasteiger partial charge is 0.274 e. The van der Waals surface area contributed by atoms with E-state index in [4.69, 9.17) is 10.5 Å². The quantitative estimate of drug-likeness (QED) is 0.289. The number of alkyl halides is 2. The van der Waals surface area contributed by atoms with Crippen molar-refractivity contribution in [3.05, 3.63) is 64.6 Å². The van der Waals surface area contributed by atoms with Crippen molar-refractivity contribution in [2.45, 2.75) is 32.2 Å². The molecule has 0 saturated heterocycles. The van der Waals surface area contributed by atoms with Crippen LogP contribution in [0.3, 0.4) is 0 Å². The number of hydrogen-bond donors (Lipinski definition) is 3. The lowest BCUT2D eigenvalue weighted by molar-refractivity contribution is -0.116. The SMILES string of the molecule is NC(=O)/C=C/CCCC(=O)Nc1cccn(Cc2nc3c(OCC(F)F)cc(F)cc3[nH]2)c1=O. The second-order valence-corrected chi connectivity index (χ2v) is 7.29. The lowest BCUT2D eigenvalue weighted by Crippen LogP contribution is -2.26. The Balaban J connectivity index is 1.71. The summed E-state index contributed by atoms with van der Waals surface area (Å²) in [4.78, 5) is 42.6. The van der Waals surface area contributed by atoms with Gasteiger partial charge in [-0.15, -0.1) is 0 Å². The van der Waals surface area contributed by atoms with Crippen molar-refractivity contribution in [3.8, 4) is 5.75 Å². The number of nitrogens with zero attached hydrogens (tertiary/aromatic N) is 2. The molecule has 2 amide bonds. The van der Waals surface area contributed by atoms with E-state index in [1.54, 1.807) is 12.1 Å². The van der Waals surface area contributed by atoms with Gasteiger partial charge in [0.1, 0.15) is 35.2 Å². The highest BCUT2D eigenvalue weighted by Crippen LogP contribution is 2.26. The summed E-state index contributed by atoms with van der Waals surface area (Å²) >= 11 is 0. The molecule has 0 unspecified atom stereocenters. The van der Waals surface area contributed by atoms with Gasteiger partial charge in [-0.3, -0.25) is 14.4 Å². The van der Waals surface area contributed by atoms with E-state index in [-0.39, 0.29) is 47.2 Å². The van der Waals surface area contributed by atoms with Crippen molar-refractivity contribution in [2.75, 3.05) is 11.9 Å². The highest BCUT2D eigenvalue weighted by atomic mass is 19.3. The van der Waals surface area contributed by atoms with E-state index >= 15 is 0 Å². The van der Waals surface area contributed by atoms with Gasteiger partial charge in [0.15, 0.2) is 0 Å². The number of fused-ring (bicyclic) bond motifs is 1. The molecule has 0 atom stereocenters. The van der Waals surface area contributed by atoms with Gasteiger partial charge in [-0.05, 0) is 37.1 Å². The van der Waals surface area contributed by atoms with Crippen molar-refractivity contribution < 1.29 is 27.5 Å². The van der Waals surface area contributed by atoms with E-state index in [0.29, 0.717) is 12.8 Å². The summed E-state index contributed by atoms with van der Waals surface area (Å²) in [7, 11) is 0. The average molecular weight is 477 g/mol. The standard InChI is InChI=1S/C22H22F3N5O4/c23-13-9-15-21(16(10-13)34-12-17(24)25)29-19(27-15)11-30-8-4-5-14(22(30)33)28-20(32)7-3-1-2-6-18(26)31/h2,4-6,8-10,17H,1,3,7,11-12H2,(H2,26,31)(H,27,29)(H,28,32)/b6-2+. The largest absolute Gasteiger partial charge is 0.485 e. The van der Waals surface area contributed by atoms with Gasteiger partial charge in [0.25, 0.3) is 12.0 Å². The fourth-order valence-corrected chi connectivity index (χ4v) is 3.15. The van der Waals surface area contributed by atoms with Crippen molar-refractivity contribution in [2.24, 2.45) is 5.73 Å². The summed E-state index contributed by atoms with van der Waals surface area (Å²) in [5.41, 5.74) is 4.92. The van der Waals surface area contributed by atoms with Gasteiger partial charge in [0.2, 0.25) is 11.8 Å². The van der Waals surface area contributed by atoms with Crippen LogP contribution in [0.25, 0.3) is 11.0 Å². The number of pyridine rings is 1. The third-order valence-corrected chi connectivity index (χ3v) is 4.60. The van der Waals surface area contributed by atoms with E-state index in [2.05, 4.69) is 15.3 Å². The number of nitrogens with one attached hydrogen (secondary N) is 2. The van der Waals surface area contributed by atoms with Crippen molar-refractivity contribution >= 4 is 28.5 Å². The van der Waals surface area contributed by atoms with Crippen LogP contribution < -0.4 is 21.3 Å². The maximum Gasteiger partial charge on any atom is 0.274 e. The average Bonchev–Trinajstić information content (AvgIpc) is 3.16. The molecule has 0 fully saturated rings. The Hall–Kier alpha value is -4.09. The fourth-order valence-electron chi connectivity index (χ4n) is 3.15. The van der Waals surface area contributed by atoms with Crippen LogP contribution in [0.1, 0.15) is 25.1 Å². The number of aromatic amines is 1. The fraction of sp³-hybridized carbons (Fsp3) is 0.273. The number of imidazole rings is 1. The van der Waals surface area contributed by atoms with Crippen LogP contribution in [0, 0.1) is 5.82 Å².